The predicted molar refractivity (Wildman–Crippen MR) is 108 cm³/mol. The van der Waals surface area contributed by atoms with Crippen LogP contribution in [0.15, 0.2) is 30.3 Å². The Bertz CT molecular complexity index is 909. The van der Waals surface area contributed by atoms with E-state index in [4.69, 9.17) is 11.6 Å². The quantitative estimate of drug-likeness (QED) is 0.566. The Kier molecular flexibility index (Phi) is 6.24. The van der Waals surface area contributed by atoms with Crippen LogP contribution >= 0.6 is 34.3 Å². The van der Waals surface area contributed by atoms with Gasteiger partial charge >= 0.3 is 0 Å². The molecule has 0 aliphatic rings. The summed E-state index contributed by atoms with van der Waals surface area (Å²) in [6.45, 7) is 1.39. The zero-order chi connectivity index (χ0) is 18.7. The molecule has 1 amide bonds. The summed E-state index contributed by atoms with van der Waals surface area (Å²) in [5.41, 5.74) is 0.317. The Morgan fingerprint density at radius 2 is 2.00 bits per heavy atom. The van der Waals surface area contributed by atoms with E-state index in [-0.39, 0.29) is 18.1 Å². The highest BCUT2D eigenvalue weighted by atomic mass is 35.5. The van der Waals surface area contributed by atoms with Gasteiger partial charge in [0.2, 0.25) is 5.91 Å². The first-order valence-corrected chi connectivity index (χ1v) is 10.2. The lowest BCUT2D eigenvalue weighted by atomic mass is 10.3. The van der Waals surface area contributed by atoms with E-state index in [0.29, 0.717) is 21.5 Å². The van der Waals surface area contributed by atoms with Crippen molar-refractivity contribution in [2.75, 3.05) is 32.1 Å². The van der Waals surface area contributed by atoms with Gasteiger partial charge in [-0.1, -0.05) is 29.0 Å². The molecule has 3 aromatic rings. The topological polar surface area (TPSA) is 36.4 Å². The second-order valence-corrected chi connectivity index (χ2v) is 8.98. The molecule has 0 aliphatic heterocycles. The largest absolute Gasteiger partial charge is 0.309 e. The number of carbonyl (C=O) groups is 1. The molecule has 0 atom stereocenters. The third kappa shape index (κ3) is 4.59. The maximum absolute atomic E-state index is 14.0. The summed E-state index contributed by atoms with van der Waals surface area (Å²) in [5.74, 6) is -0.419. The van der Waals surface area contributed by atoms with E-state index < -0.39 is 0 Å². The lowest BCUT2D eigenvalue weighted by Gasteiger charge is -2.20. The molecule has 1 aromatic carbocycles. The fraction of sp³-hybridized carbons (Fsp3) is 0.333. The lowest BCUT2D eigenvalue weighted by Crippen LogP contribution is -2.34. The number of rotatable bonds is 7. The second-order valence-electron chi connectivity index (χ2n) is 6.17. The molecule has 8 heteroatoms. The number of halogens is 2. The summed E-state index contributed by atoms with van der Waals surface area (Å²) in [5, 5.41) is 0.538. The van der Waals surface area contributed by atoms with E-state index in [0.717, 1.165) is 22.5 Å². The van der Waals surface area contributed by atoms with Crippen LogP contribution in [0.4, 0.5) is 9.52 Å². The van der Waals surface area contributed by atoms with Crippen molar-refractivity contribution in [1.82, 2.24) is 9.88 Å². The van der Waals surface area contributed by atoms with Crippen LogP contribution in [0.2, 0.25) is 4.34 Å². The van der Waals surface area contributed by atoms with Gasteiger partial charge in [0.25, 0.3) is 0 Å². The second kappa shape index (κ2) is 8.43. The third-order valence-electron chi connectivity index (χ3n) is 3.83. The smallest absolute Gasteiger partial charge is 0.234 e. The van der Waals surface area contributed by atoms with Gasteiger partial charge in [-0.15, -0.1) is 11.3 Å². The average Bonchev–Trinajstić information content (AvgIpc) is 3.18. The van der Waals surface area contributed by atoms with Crippen molar-refractivity contribution < 1.29 is 9.18 Å². The fourth-order valence-corrected chi connectivity index (χ4v) is 4.68. The SMILES string of the molecule is CN(C)CCCN(C(=O)Cc1ccc(Cl)s1)c1nc2c(F)cccc2s1. The highest BCUT2D eigenvalue weighted by Crippen LogP contribution is 2.31. The average molecular weight is 412 g/mol. The van der Waals surface area contributed by atoms with Crippen LogP contribution in [-0.4, -0.2) is 43.0 Å². The van der Waals surface area contributed by atoms with Gasteiger partial charge in [-0.05, 0) is 51.3 Å². The number of nitrogens with zero attached hydrogens (tertiary/aromatic N) is 3. The number of anilines is 1. The van der Waals surface area contributed by atoms with Gasteiger partial charge in [0.1, 0.15) is 11.3 Å². The monoisotopic (exact) mass is 411 g/mol. The molecule has 0 fully saturated rings. The van der Waals surface area contributed by atoms with E-state index in [1.165, 1.54) is 28.7 Å². The molecule has 2 aromatic heterocycles. The first-order chi connectivity index (χ1) is 12.4. The van der Waals surface area contributed by atoms with Gasteiger partial charge in [0.15, 0.2) is 5.13 Å². The van der Waals surface area contributed by atoms with Gasteiger partial charge in [-0.25, -0.2) is 9.37 Å². The van der Waals surface area contributed by atoms with Crippen molar-refractivity contribution in [1.29, 1.82) is 0 Å². The van der Waals surface area contributed by atoms with Crippen LogP contribution in [0.25, 0.3) is 10.2 Å². The molecular weight excluding hydrogens is 393 g/mol. The predicted octanol–water partition coefficient (Wildman–Crippen LogP) is 4.68. The first kappa shape index (κ1) is 19.2. The van der Waals surface area contributed by atoms with E-state index in [9.17, 15) is 9.18 Å². The van der Waals surface area contributed by atoms with Crippen molar-refractivity contribution in [2.45, 2.75) is 12.8 Å². The Labute approximate surface area is 164 Å². The van der Waals surface area contributed by atoms with Crippen LogP contribution < -0.4 is 4.90 Å². The first-order valence-electron chi connectivity index (χ1n) is 8.18. The zero-order valence-electron chi connectivity index (χ0n) is 14.5. The number of carbonyl (C=O) groups excluding carboxylic acids is 1. The molecule has 0 radical (unpaired) electrons. The number of thiophene rings is 1. The minimum absolute atomic E-state index is 0.0539. The van der Waals surface area contributed by atoms with Crippen molar-refractivity contribution in [3.05, 3.63) is 45.4 Å². The zero-order valence-corrected chi connectivity index (χ0v) is 16.9. The molecule has 4 nitrogen and oxygen atoms in total. The minimum Gasteiger partial charge on any atom is -0.309 e. The molecule has 0 saturated carbocycles. The molecule has 0 spiro atoms. The van der Waals surface area contributed by atoms with Crippen LogP contribution in [0.3, 0.4) is 0 Å². The number of para-hydroxylation sites is 1. The Hall–Kier alpha value is -1.54. The summed E-state index contributed by atoms with van der Waals surface area (Å²) >= 11 is 8.70. The van der Waals surface area contributed by atoms with Crippen LogP contribution in [0.1, 0.15) is 11.3 Å². The minimum atomic E-state index is -0.365. The molecule has 138 valence electrons. The van der Waals surface area contributed by atoms with Crippen LogP contribution in [0, 0.1) is 5.82 Å². The number of thiazole rings is 1. The standard InChI is InChI=1S/C18H19ClFN3OS2/c1-22(2)9-4-10-23(16(24)11-12-7-8-15(19)25-12)18-21-17-13(20)5-3-6-14(17)26-18/h3,5-8H,4,9-11H2,1-2H3. The van der Waals surface area contributed by atoms with Gasteiger partial charge in [-0.3, -0.25) is 9.69 Å². The molecule has 0 aliphatic carbocycles. The highest BCUT2D eigenvalue weighted by molar-refractivity contribution is 7.22. The highest BCUT2D eigenvalue weighted by Gasteiger charge is 2.21. The number of fused-ring (bicyclic) bond motifs is 1. The molecule has 2 heterocycles. The summed E-state index contributed by atoms with van der Waals surface area (Å²) in [7, 11) is 3.99. The fourth-order valence-electron chi connectivity index (χ4n) is 2.58. The maximum Gasteiger partial charge on any atom is 0.234 e. The van der Waals surface area contributed by atoms with Gasteiger partial charge in [-0.2, -0.15) is 0 Å². The number of benzene rings is 1. The third-order valence-corrected chi connectivity index (χ3v) is 6.11. The number of hydrogen-bond acceptors (Lipinski definition) is 5. The Balaban J connectivity index is 1.85. The van der Waals surface area contributed by atoms with E-state index in [2.05, 4.69) is 9.88 Å². The van der Waals surface area contributed by atoms with Crippen molar-refractivity contribution in [3.63, 3.8) is 0 Å². The van der Waals surface area contributed by atoms with E-state index in [1.54, 1.807) is 17.0 Å². The number of aromatic nitrogens is 1. The molecule has 26 heavy (non-hydrogen) atoms. The summed E-state index contributed by atoms with van der Waals surface area (Å²) < 4.78 is 15.4. The molecule has 3 rings (SSSR count). The molecule has 0 N–H and O–H groups in total. The Morgan fingerprint density at radius 1 is 1.19 bits per heavy atom. The maximum atomic E-state index is 14.0. The van der Waals surface area contributed by atoms with Gasteiger partial charge in [0, 0.05) is 11.4 Å². The summed E-state index contributed by atoms with van der Waals surface area (Å²) in [6.07, 6.45) is 1.07. The van der Waals surface area contributed by atoms with E-state index in [1.807, 2.05) is 26.2 Å². The molecule has 0 saturated heterocycles. The summed E-state index contributed by atoms with van der Waals surface area (Å²) in [4.78, 5) is 21.9. The van der Waals surface area contributed by atoms with Crippen molar-refractivity contribution >= 4 is 55.5 Å². The van der Waals surface area contributed by atoms with Crippen LogP contribution in [0.5, 0.6) is 0 Å². The van der Waals surface area contributed by atoms with Gasteiger partial charge in [0.05, 0.1) is 15.5 Å². The molecular formula is C18H19ClFN3OS2. The van der Waals surface area contributed by atoms with Crippen molar-refractivity contribution in [3.8, 4) is 0 Å². The van der Waals surface area contributed by atoms with Gasteiger partial charge < -0.3 is 4.90 Å². The lowest BCUT2D eigenvalue weighted by molar-refractivity contribution is -0.118. The normalized spacial score (nSPS) is 11.4. The van der Waals surface area contributed by atoms with Crippen LogP contribution in [-0.2, 0) is 11.2 Å². The summed E-state index contributed by atoms with van der Waals surface area (Å²) in [6, 6.07) is 8.52. The molecule has 0 bridgehead atoms. The Morgan fingerprint density at radius 3 is 2.65 bits per heavy atom. The number of hydrogen-bond donors (Lipinski definition) is 0. The van der Waals surface area contributed by atoms with Crippen molar-refractivity contribution in [2.24, 2.45) is 0 Å². The number of amides is 1. The molecule has 0 unspecified atom stereocenters. The van der Waals surface area contributed by atoms with E-state index >= 15 is 0 Å².